The number of H-pyrrole nitrogens is 1. The number of imidazole rings is 1. The summed E-state index contributed by atoms with van der Waals surface area (Å²) >= 11 is 0. The Morgan fingerprint density at radius 2 is 1.74 bits per heavy atom. The Bertz CT molecular complexity index is 1410. The first-order chi connectivity index (χ1) is 14.9. The normalized spacial score (nSPS) is 15.1. The van der Waals surface area contributed by atoms with Gasteiger partial charge in [-0.05, 0) is 37.1 Å². The summed E-state index contributed by atoms with van der Waals surface area (Å²) in [6, 6.07) is 11.1. The molecule has 1 aromatic carbocycles. The maximum atomic E-state index is 13.0. The summed E-state index contributed by atoms with van der Waals surface area (Å²) in [5.41, 5.74) is 1.53. The maximum absolute atomic E-state index is 13.0. The molecule has 1 aliphatic heterocycles. The lowest BCUT2D eigenvalue weighted by molar-refractivity contribution is 0.0705. The number of hydrogen-bond acceptors (Lipinski definition) is 5. The number of nitrogens with one attached hydrogen (secondary N) is 1. The number of para-hydroxylation sites is 2. The van der Waals surface area contributed by atoms with Crippen molar-refractivity contribution in [3.8, 4) is 0 Å². The molecule has 0 radical (unpaired) electrons. The van der Waals surface area contributed by atoms with Gasteiger partial charge in [-0.1, -0.05) is 12.1 Å². The van der Waals surface area contributed by atoms with Gasteiger partial charge in [0.1, 0.15) is 17.2 Å². The van der Waals surface area contributed by atoms with Crippen molar-refractivity contribution in [2.75, 3.05) is 13.1 Å². The lowest BCUT2D eigenvalue weighted by atomic mass is 9.96. The van der Waals surface area contributed by atoms with Crippen LogP contribution in [0.4, 0.5) is 0 Å². The molecule has 3 aromatic heterocycles. The Morgan fingerprint density at radius 3 is 2.48 bits per heavy atom. The Balaban J connectivity index is 1.37. The number of aryl methyl sites for hydroxylation is 1. The number of amides is 1. The number of rotatable bonds is 2. The van der Waals surface area contributed by atoms with Crippen LogP contribution in [-0.2, 0) is 14.1 Å². The average Bonchev–Trinajstić information content (AvgIpc) is 3.25. The second kappa shape index (κ2) is 7.19. The predicted octanol–water partition coefficient (Wildman–Crippen LogP) is 1.53. The van der Waals surface area contributed by atoms with Gasteiger partial charge in [0.05, 0.1) is 16.4 Å². The second-order valence-electron chi connectivity index (χ2n) is 7.98. The Labute approximate surface area is 177 Å². The third-order valence-corrected chi connectivity index (χ3v) is 6.10. The Morgan fingerprint density at radius 1 is 1.00 bits per heavy atom. The fourth-order valence-electron chi connectivity index (χ4n) is 4.26. The van der Waals surface area contributed by atoms with Gasteiger partial charge in [0.15, 0.2) is 0 Å². The lowest BCUT2D eigenvalue weighted by Crippen LogP contribution is -2.39. The van der Waals surface area contributed by atoms with E-state index in [1.807, 2.05) is 24.3 Å². The number of pyridine rings is 1. The number of nitrogens with zero attached hydrogens (tertiary/aromatic N) is 5. The summed E-state index contributed by atoms with van der Waals surface area (Å²) in [5.74, 6) is 1.03. The van der Waals surface area contributed by atoms with Crippen LogP contribution in [0.25, 0.3) is 22.1 Å². The minimum Gasteiger partial charge on any atom is -0.342 e. The molecule has 5 rings (SSSR count). The van der Waals surface area contributed by atoms with Crippen molar-refractivity contribution < 1.29 is 4.79 Å². The van der Waals surface area contributed by atoms with Crippen LogP contribution in [0.5, 0.6) is 0 Å². The summed E-state index contributed by atoms with van der Waals surface area (Å²) in [6.45, 7) is 1.19. The number of aromatic amines is 1. The predicted molar refractivity (Wildman–Crippen MR) is 116 cm³/mol. The van der Waals surface area contributed by atoms with Gasteiger partial charge < -0.3 is 9.88 Å². The molecule has 158 valence electrons. The topological polar surface area (TPSA) is 106 Å². The van der Waals surface area contributed by atoms with E-state index < -0.39 is 11.2 Å². The molecule has 4 heterocycles. The smallest absolute Gasteiger partial charge is 0.332 e. The lowest BCUT2D eigenvalue weighted by Gasteiger charge is -2.31. The van der Waals surface area contributed by atoms with Crippen LogP contribution in [0.1, 0.15) is 35.1 Å². The third-order valence-electron chi connectivity index (χ3n) is 6.10. The summed E-state index contributed by atoms with van der Waals surface area (Å²) in [5, 5.41) is 0.310. The molecule has 1 aliphatic rings. The van der Waals surface area contributed by atoms with E-state index in [-0.39, 0.29) is 23.2 Å². The molecule has 0 spiro atoms. The molecular weight excluding hydrogens is 396 g/mol. The molecule has 31 heavy (non-hydrogen) atoms. The molecule has 0 aliphatic carbocycles. The highest BCUT2D eigenvalue weighted by Crippen LogP contribution is 2.28. The van der Waals surface area contributed by atoms with Crippen LogP contribution in [-0.4, -0.2) is 48.0 Å². The molecule has 1 saturated heterocycles. The monoisotopic (exact) mass is 418 g/mol. The van der Waals surface area contributed by atoms with Gasteiger partial charge in [-0.2, -0.15) is 0 Å². The van der Waals surface area contributed by atoms with E-state index in [2.05, 4.69) is 9.97 Å². The van der Waals surface area contributed by atoms with Crippen molar-refractivity contribution in [3.05, 3.63) is 68.8 Å². The van der Waals surface area contributed by atoms with E-state index in [9.17, 15) is 14.4 Å². The van der Waals surface area contributed by atoms with Crippen molar-refractivity contribution in [1.82, 2.24) is 29.0 Å². The number of carbonyl (C=O) groups is 1. The van der Waals surface area contributed by atoms with Crippen molar-refractivity contribution >= 4 is 28.0 Å². The third kappa shape index (κ3) is 3.13. The van der Waals surface area contributed by atoms with E-state index in [4.69, 9.17) is 4.98 Å². The van der Waals surface area contributed by atoms with Crippen LogP contribution in [0.2, 0.25) is 0 Å². The highest BCUT2D eigenvalue weighted by atomic mass is 16.2. The quantitative estimate of drug-likeness (QED) is 0.531. The van der Waals surface area contributed by atoms with Gasteiger partial charge >= 0.3 is 5.69 Å². The minimum absolute atomic E-state index is 0.196. The number of aromatic nitrogens is 5. The number of benzene rings is 1. The van der Waals surface area contributed by atoms with Crippen LogP contribution < -0.4 is 11.2 Å². The standard InChI is InChI=1S/C22H22N6O3/c1-26-19-14(20(29)27(2)22(26)31)7-8-17(25-19)21(30)28-11-9-13(10-12-28)18-23-15-5-3-4-6-16(15)24-18/h3-8,13H,9-12H2,1-2H3,(H,23,24). The van der Waals surface area contributed by atoms with E-state index >= 15 is 0 Å². The van der Waals surface area contributed by atoms with E-state index in [1.54, 1.807) is 24.1 Å². The second-order valence-corrected chi connectivity index (χ2v) is 7.98. The zero-order valence-corrected chi connectivity index (χ0v) is 17.3. The zero-order valence-electron chi connectivity index (χ0n) is 17.3. The minimum atomic E-state index is -0.471. The first kappa shape index (κ1) is 19.2. The number of carbonyl (C=O) groups excluding carboxylic acids is 1. The van der Waals surface area contributed by atoms with Gasteiger partial charge in [-0.25, -0.2) is 14.8 Å². The van der Waals surface area contributed by atoms with E-state index in [0.717, 1.165) is 34.3 Å². The number of likely N-dealkylation sites (tertiary alicyclic amines) is 1. The first-order valence-corrected chi connectivity index (χ1v) is 10.2. The van der Waals surface area contributed by atoms with E-state index in [1.165, 1.54) is 11.6 Å². The highest BCUT2D eigenvalue weighted by Gasteiger charge is 2.27. The number of hydrogen-bond donors (Lipinski definition) is 1. The molecule has 0 saturated carbocycles. The van der Waals surface area contributed by atoms with Crippen molar-refractivity contribution in [3.63, 3.8) is 0 Å². The summed E-state index contributed by atoms with van der Waals surface area (Å²) in [4.78, 5) is 51.8. The molecule has 0 unspecified atom stereocenters. The molecule has 0 bridgehead atoms. The highest BCUT2D eigenvalue weighted by molar-refractivity contribution is 5.94. The molecule has 0 atom stereocenters. The van der Waals surface area contributed by atoms with Crippen LogP contribution in [0.15, 0.2) is 46.0 Å². The maximum Gasteiger partial charge on any atom is 0.332 e. The van der Waals surface area contributed by atoms with Gasteiger partial charge in [-0.3, -0.25) is 18.7 Å². The molecule has 9 nitrogen and oxygen atoms in total. The number of fused-ring (bicyclic) bond motifs is 2. The fourth-order valence-corrected chi connectivity index (χ4v) is 4.26. The SMILES string of the molecule is Cn1c(=O)c2ccc(C(=O)N3CCC(c4nc5ccccc5[nH]4)CC3)nc2n(C)c1=O. The Kier molecular flexibility index (Phi) is 4.46. The fraction of sp³-hybridized carbons (Fsp3) is 0.318. The number of piperidine rings is 1. The molecule has 1 fully saturated rings. The summed E-state index contributed by atoms with van der Waals surface area (Å²) in [6.07, 6.45) is 1.61. The van der Waals surface area contributed by atoms with E-state index in [0.29, 0.717) is 18.5 Å². The van der Waals surface area contributed by atoms with Crippen LogP contribution >= 0.6 is 0 Å². The van der Waals surface area contributed by atoms with Gasteiger partial charge in [-0.15, -0.1) is 0 Å². The summed E-state index contributed by atoms with van der Waals surface area (Å²) < 4.78 is 2.33. The molecule has 1 N–H and O–H groups in total. The molecule has 1 amide bonds. The summed E-state index contributed by atoms with van der Waals surface area (Å²) in [7, 11) is 2.97. The van der Waals surface area contributed by atoms with Gasteiger partial charge in [0.2, 0.25) is 0 Å². The van der Waals surface area contributed by atoms with Crippen LogP contribution in [0, 0.1) is 0 Å². The largest absolute Gasteiger partial charge is 0.342 e. The van der Waals surface area contributed by atoms with Gasteiger partial charge in [0, 0.05) is 33.1 Å². The van der Waals surface area contributed by atoms with Crippen molar-refractivity contribution in [2.24, 2.45) is 14.1 Å². The van der Waals surface area contributed by atoms with Crippen LogP contribution in [0.3, 0.4) is 0 Å². The van der Waals surface area contributed by atoms with Gasteiger partial charge in [0.25, 0.3) is 11.5 Å². The Hall–Kier alpha value is -3.75. The molecule has 4 aromatic rings. The molecule has 9 heteroatoms. The first-order valence-electron chi connectivity index (χ1n) is 10.2. The zero-order chi connectivity index (χ0) is 21.7. The van der Waals surface area contributed by atoms with Crippen molar-refractivity contribution in [1.29, 1.82) is 0 Å². The van der Waals surface area contributed by atoms with Crippen molar-refractivity contribution in [2.45, 2.75) is 18.8 Å². The average molecular weight is 418 g/mol. The molecular formula is C22H22N6O3.